The summed E-state index contributed by atoms with van der Waals surface area (Å²) in [5.74, 6) is 0.585. The summed E-state index contributed by atoms with van der Waals surface area (Å²) in [6, 6.07) is 2.15. The first-order valence-electron chi connectivity index (χ1n) is 4.76. The third-order valence-corrected chi connectivity index (χ3v) is 3.02. The second-order valence-electron chi connectivity index (χ2n) is 4.32. The van der Waals surface area contributed by atoms with E-state index in [1.165, 1.54) is 11.1 Å². The van der Waals surface area contributed by atoms with E-state index in [4.69, 9.17) is 5.73 Å². The first-order chi connectivity index (χ1) is 6.04. The number of rotatable bonds is 1. The maximum atomic E-state index is 6.20. The van der Waals surface area contributed by atoms with E-state index in [2.05, 4.69) is 31.8 Å². The Kier molecular flexibility index (Phi) is 1.70. The molecule has 1 heterocycles. The fraction of sp³-hybridized carbons (Fsp3) is 0.545. The van der Waals surface area contributed by atoms with Crippen molar-refractivity contribution in [1.82, 2.24) is 4.98 Å². The summed E-state index contributed by atoms with van der Waals surface area (Å²) in [5.41, 5.74) is 9.60. The van der Waals surface area contributed by atoms with Crippen LogP contribution in [0.5, 0.6) is 0 Å². The van der Waals surface area contributed by atoms with Crippen molar-refractivity contribution in [1.29, 1.82) is 0 Å². The molecule has 1 aromatic heterocycles. The number of hydrogen-bond acceptors (Lipinski definition) is 2. The average Bonchev–Trinajstić information content (AvgIpc) is 2.59. The Morgan fingerprint density at radius 1 is 1.54 bits per heavy atom. The SMILES string of the molecule is Cc1cnc(C2(N)CC2C)c(C)c1. The molecule has 0 aliphatic heterocycles. The van der Waals surface area contributed by atoms with Crippen LogP contribution in [0.4, 0.5) is 0 Å². The van der Waals surface area contributed by atoms with E-state index in [9.17, 15) is 0 Å². The number of aryl methyl sites for hydroxylation is 2. The fourth-order valence-corrected chi connectivity index (χ4v) is 1.98. The van der Waals surface area contributed by atoms with Crippen LogP contribution in [0.15, 0.2) is 12.3 Å². The Morgan fingerprint density at radius 2 is 2.15 bits per heavy atom. The topological polar surface area (TPSA) is 38.9 Å². The zero-order valence-corrected chi connectivity index (χ0v) is 8.46. The number of nitrogens with two attached hydrogens (primary N) is 1. The van der Waals surface area contributed by atoms with E-state index in [-0.39, 0.29) is 5.54 Å². The van der Waals surface area contributed by atoms with Gasteiger partial charge in [0, 0.05) is 6.20 Å². The van der Waals surface area contributed by atoms with Crippen molar-refractivity contribution >= 4 is 0 Å². The maximum Gasteiger partial charge on any atom is 0.0634 e. The van der Waals surface area contributed by atoms with E-state index in [0.29, 0.717) is 5.92 Å². The first-order valence-corrected chi connectivity index (χ1v) is 4.76. The van der Waals surface area contributed by atoms with Gasteiger partial charge < -0.3 is 5.73 Å². The van der Waals surface area contributed by atoms with Gasteiger partial charge in [-0.1, -0.05) is 13.0 Å². The van der Waals surface area contributed by atoms with Gasteiger partial charge in [0.2, 0.25) is 0 Å². The van der Waals surface area contributed by atoms with Gasteiger partial charge in [-0.25, -0.2) is 0 Å². The van der Waals surface area contributed by atoms with Gasteiger partial charge in [0.15, 0.2) is 0 Å². The summed E-state index contributed by atoms with van der Waals surface area (Å²) < 4.78 is 0. The maximum absolute atomic E-state index is 6.20. The van der Waals surface area contributed by atoms with Crippen LogP contribution < -0.4 is 5.73 Å². The molecule has 2 atom stereocenters. The molecule has 2 N–H and O–H groups in total. The number of pyridine rings is 1. The van der Waals surface area contributed by atoms with Crippen LogP contribution in [-0.2, 0) is 5.54 Å². The highest BCUT2D eigenvalue weighted by Crippen LogP contribution is 2.49. The minimum atomic E-state index is -0.127. The van der Waals surface area contributed by atoms with Gasteiger partial charge in [0.05, 0.1) is 11.2 Å². The molecule has 2 rings (SSSR count). The summed E-state index contributed by atoms with van der Waals surface area (Å²) in [6.45, 7) is 6.33. The zero-order chi connectivity index (χ0) is 9.64. The second-order valence-corrected chi connectivity index (χ2v) is 4.32. The molecule has 2 nitrogen and oxygen atoms in total. The second kappa shape index (κ2) is 2.55. The summed E-state index contributed by atoms with van der Waals surface area (Å²) in [4.78, 5) is 4.44. The fourth-order valence-electron chi connectivity index (χ4n) is 1.98. The third kappa shape index (κ3) is 1.25. The molecule has 0 saturated heterocycles. The van der Waals surface area contributed by atoms with Gasteiger partial charge in [-0.05, 0) is 37.3 Å². The van der Waals surface area contributed by atoms with E-state index < -0.39 is 0 Å². The molecule has 2 heteroatoms. The van der Waals surface area contributed by atoms with Crippen LogP contribution in [0.2, 0.25) is 0 Å². The van der Waals surface area contributed by atoms with Crippen molar-refractivity contribution in [3.63, 3.8) is 0 Å². The van der Waals surface area contributed by atoms with Gasteiger partial charge in [0.1, 0.15) is 0 Å². The van der Waals surface area contributed by atoms with E-state index >= 15 is 0 Å². The first kappa shape index (κ1) is 8.70. The lowest BCUT2D eigenvalue weighted by Gasteiger charge is -2.12. The van der Waals surface area contributed by atoms with Crippen LogP contribution in [-0.4, -0.2) is 4.98 Å². The Labute approximate surface area is 79.2 Å². The largest absolute Gasteiger partial charge is 0.320 e. The minimum absolute atomic E-state index is 0.127. The summed E-state index contributed by atoms with van der Waals surface area (Å²) in [6.07, 6.45) is 2.98. The molecule has 0 bridgehead atoms. The van der Waals surface area contributed by atoms with E-state index in [1.54, 1.807) is 0 Å². The van der Waals surface area contributed by atoms with Crippen LogP contribution in [0.25, 0.3) is 0 Å². The number of hydrogen-bond donors (Lipinski definition) is 1. The van der Waals surface area contributed by atoms with Crippen LogP contribution in [0.1, 0.15) is 30.2 Å². The molecule has 1 aliphatic rings. The summed E-state index contributed by atoms with van der Waals surface area (Å²) in [5, 5.41) is 0. The quantitative estimate of drug-likeness (QED) is 0.709. The zero-order valence-electron chi connectivity index (χ0n) is 8.46. The van der Waals surface area contributed by atoms with Crippen molar-refractivity contribution in [2.75, 3.05) is 0 Å². The number of aromatic nitrogens is 1. The van der Waals surface area contributed by atoms with Crippen molar-refractivity contribution < 1.29 is 0 Å². The molecule has 1 saturated carbocycles. The van der Waals surface area contributed by atoms with Gasteiger partial charge in [-0.2, -0.15) is 0 Å². The molecule has 13 heavy (non-hydrogen) atoms. The van der Waals surface area contributed by atoms with Gasteiger partial charge in [-0.3, -0.25) is 4.98 Å². The van der Waals surface area contributed by atoms with Gasteiger partial charge >= 0.3 is 0 Å². The normalized spacial score (nSPS) is 31.8. The smallest absolute Gasteiger partial charge is 0.0634 e. The Hall–Kier alpha value is -0.890. The predicted molar refractivity (Wildman–Crippen MR) is 53.4 cm³/mol. The van der Waals surface area contributed by atoms with Crippen molar-refractivity contribution in [2.24, 2.45) is 11.7 Å². The molecule has 1 fully saturated rings. The van der Waals surface area contributed by atoms with Crippen LogP contribution in [0.3, 0.4) is 0 Å². The molecule has 70 valence electrons. The van der Waals surface area contributed by atoms with Crippen molar-refractivity contribution in [3.8, 4) is 0 Å². The molecule has 2 unspecified atom stereocenters. The lowest BCUT2D eigenvalue weighted by Crippen LogP contribution is -2.24. The highest BCUT2D eigenvalue weighted by atomic mass is 14.9. The monoisotopic (exact) mass is 176 g/mol. The molecular weight excluding hydrogens is 160 g/mol. The molecule has 0 radical (unpaired) electrons. The Bertz CT molecular complexity index is 346. The lowest BCUT2D eigenvalue weighted by molar-refractivity contribution is 0.635. The molecule has 0 aromatic carbocycles. The minimum Gasteiger partial charge on any atom is -0.320 e. The predicted octanol–water partition coefficient (Wildman–Crippen LogP) is 1.89. The van der Waals surface area contributed by atoms with Gasteiger partial charge in [-0.15, -0.1) is 0 Å². The van der Waals surface area contributed by atoms with E-state index in [0.717, 1.165) is 12.1 Å². The van der Waals surface area contributed by atoms with Crippen LogP contribution in [0, 0.1) is 19.8 Å². The van der Waals surface area contributed by atoms with Crippen LogP contribution >= 0.6 is 0 Å². The Morgan fingerprint density at radius 3 is 2.62 bits per heavy atom. The molecule has 1 aliphatic carbocycles. The lowest BCUT2D eigenvalue weighted by atomic mass is 10.0. The van der Waals surface area contributed by atoms with Gasteiger partial charge in [0.25, 0.3) is 0 Å². The standard InChI is InChI=1S/C11H16N2/c1-7-4-8(2)10(13-6-7)11(12)5-9(11)3/h4,6,9H,5,12H2,1-3H3. The molecular formula is C11H16N2. The summed E-state index contributed by atoms with van der Waals surface area (Å²) >= 11 is 0. The third-order valence-electron chi connectivity index (χ3n) is 3.02. The molecule has 0 spiro atoms. The molecule has 1 aromatic rings. The number of nitrogens with zero attached hydrogens (tertiary/aromatic N) is 1. The summed E-state index contributed by atoms with van der Waals surface area (Å²) in [7, 11) is 0. The average molecular weight is 176 g/mol. The molecule has 0 amide bonds. The van der Waals surface area contributed by atoms with Crippen molar-refractivity contribution in [3.05, 3.63) is 29.1 Å². The van der Waals surface area contributed by atoms with Crippen molar-refractivity contribution in [2.45, 2.75) is 32.7 Å². The van der Waals surface area contributed by atoms with E-state index in [1.807, 2.05) is 6.20 Å². The highest BCUT2D eigenvalue weighted by Gasteiger charge is 2.50. The highest BCUT2D eigenvalue weighted by molar-refractivity contribution is 5.33. The Balaban J connectivity index is 2.42.